The van der Waals surface area contributed by atoms with Crippen LogP contribution in [0.1, 0.15) is 22.5 Å². The lowest BCUT2D eigenvalue weighted by molar-refractivity contribution is 0.0947. The standard InChI is InChI=1S/C13H17BrN4OS3/c1-8-9(14)7-18(16-8)6-4-5-15-11(19)10-12(20-2)17-22-13(10)21-3/h7H,4-6H2,1-3H3,(H,15,19). The van der Waals surface area contributed by atoms with Gasteiger partial charge in [0.05, 0.1) is 19.9 Å². The minimum atomic E-state index is -0.0414. The van der Waals surface area contributed by atoms with Gasteiger partial charge in [-0.2, -0.15) is 9.47 Å². The number of halogens is 1. The highest BCUT2D eigenvalue weighted by Crippen LogP contribution is 2.32. The molecule has 5 nitrogen and oxygen atoms in total. The van der Waals surface area contributed by atoms with Gasteiger partial charge in [0.2, 0.25) is 0 Å². The molecule has 0 aliphatic carbocycles. The van der Waals surface area contributed by atoms with Crippen molar-refractivity contribution in [3.05, 3.63) is 21.9 Å². The van der Waals surface area contributed by atoms with Crippen molar-refractivity contribution in [1.82, 2.24) is 19.5 Å². The molecule has 2 heterocycles. The maximum Gasteiger partial charge on any atom is 0.256 e. The van der Waals surface area contributed by atoms with Crippen molar-refractivity contribution in [3.63, 3.8) is 0 Å². The molecule has 2 aromatic heterocycles. The molecule has 1 N–H and O–H groups in total. The zero-order chi connectivity index (χ0) is 16.1. The Morgan fingerprint density at radius 3 is 2.82 bits per heavy atom. The van der Waals surface area contributed by atoms with Gasteiger partial charge in [-0.25, -0.2) is 0 Å². The predicted molar refractivity (Wildman–Crippen MR) is 97.3 cm³/mol. The van der Waals surface area contributed by atoms with Crippen LogP contribution in [-0.4, -0.2) is 39.1 Å². The first-order chi connectivity index (χ1) is 10.6. The highest BCUT2D eigenvalue weighted by atomic mass is 79.9. The molecular formula is C13H17BrN4OS3. The number of carbonyl (C=O) groups excluding carboxylic acids is 1. The van der Waals surface area contributed by atoms with Gasteiger partial charge in [0.15, 0.2) is 0 Å². The van der Waals surface area contributed by atoms with E-state index in [1.54, 1.807) is 11.8 Å². The van der Waals surface area contributed by atoms with E-state index in [1.807, 2.05) is 30.3 Å². The van der Waals surface area contributed by atoms with Crippen molar-refractivity contribution in [2.75, 3.05) is 19.1 Å². The molecule has 120 valence electrons. The van der Waals surface area contributed by atoms with Gasteiger partial charge in [-0.1, -0.05) is 0 Å². The number of rotatable bonds is 7. The third-order valence-electron chi connectivity index (χ3n) is 2.97. The van der Waals surface area contributed by atoms with Crippen LogP contribution in [0.25, 0.3) is 0 Å². The molecule has 0 bridgehead atoms. The third-order valence-corrected chi connectivity index (χ3v) is 6.49. The van der Waals surface area contributed by atoms with Gasteiger partial charge >= 0.3 is 0 Å². The Morgan fingerprint density at radius 2 is 2.23 bits per heavy atom. The van der Waals surface area contributed by atoms with Crippen molar-refractivity contribution in [2.24, 2.45) is 0 Å². The smallest absolute Gasteiger partial charge is 0.256 e. The Labute approximate surface area is 150 Å². The monoisotopic (exact) mass is 420 g/mol. The van der Waals surface area contributed by atoms with E-state index in [4.69, 9.17) is 0 Å². The van der Waals surface area contributed by atoms with Gasteiger partial charge in [-0.05, 0) is 53.3 Å². The lowest BCUT2D eigenvalue weighted by Gasteiger charge is -2.06. The minimum absolute atomic E-state index is 0.0414. The molecular weight excluding hydrogens is 404 g/mol. The molecule has 0 saturated carbocycles. The number of carbonyl (C=O) groups is 1. The van der Waals surface area contributed by atoms with Crippen molar-refractivity contribution >= 4 is 56.9 Å². The van der Waals surface area contributed by atoms with Crippen molar-refractivity contribution < 1.29 is 4.79 Å². The molecule has 1 amide bonds. The molecule has 22 heavy (non-hydrogen) atoms. The van der Waals surface area contributed by atoms with Crippen molar-refractivity contribution in [1.29, 1.82) is 0 Å². The average molecular weight is 421 g/mol. The van der Waals surface area contributed by atoms with Crippen LogP contribution in [0.4, 0.5) is 0 Å². The van der Waals surface area contributed by atoms with Crippen LogP contribution in [0, 0.1) is 6.92 Å². The van der Waals surface area contributed by atoms with E-state index >= 15 is 0 Å². The molecule has 0 spiro atoms. The Kier molecular flexibility index (Phi) is 6.79. The fourth-order valence-corrected chi connectivity index (χ4v) is 4.46. The molecule has 0 atom stereocenters. The van der Waals surface area contributed by atoms with Crippen LogP contribution < -0.4 is 5.32 Å². The summed E-state index contributed by atoms with van der Waals surface area (Å²) < 4.78 is 8.18. The summed E-state index contributed by atoms with van der Waals surface area (Å²) in [6, 6.07) is 0. The molecule has 0 aliphatic heterocycles. The van der Waals surface area contributed by atoms with Gasteiger partial charge in [-0.3, -0.25) is 9.48 Å². The Morgan fingerprint density at radius 1 is 1.45 bits per heavy atom. The summed E-state index contributed by atoms with van der Waals surface area (Å²) >= 11 is 7.89. The molecule has 0 aliphatic rings. The Bertz CT molecular complexity index is 615. The number of hydrogen-bond acceptors (Lipinski definition) is 6. The van der Waals surface area contributed by atoms with Crippen molar-refractivity contribution in [2.45, 2.75) is 29.1 Å². The highest BCUT2D eigenvalue weighted by Gasteiger charge is 2.19. The van der Waals surface area contributed by atoms with E-state index in [0.717, 1.165) is 32.4 Å². The fourth-order valence-electron chi connectivity index (χ4n) is 1.87. The van der Waals surface area contributed by atoms with E-state index in [9.17, 15) is 4.79 Å². The topological polar surface area (TPSA) is 59.8 Å². The predicted octanol–water partition coefficient (Wildman–Crippen LogP) is 3.67. The SMILES string of the molecule is CSc1nsc(SC)c1C(=O)NCCCn1cc(Br)c(C)n1. The number of nitrogens with one attached hydrogen (secondary N) is 1. The summed E-state index contributed by atoms with van der Waals surface area (Å²) in [5.74, 6) is -0.0414. The quantitative estimate of drug-likeness (QED) is 0.546. The van der Waals surface area contributed by atoms with E-state index in [2.05, 4.69) is 30.7 Å². The van der Waals surface area contributed by atoms with Crippen LogP contribution in [0.5, 0.6) is 0 Å². The molecule has 0 radical (unpaired) electrons. The average Bonchev–Trinajstić information content (AvgIpc) is 3.06. The van der Waals surface area contributed by atoms with Crippen LogP contribution in [0.2, 0.25) is 0 Å². The van der Waals surface area contributed by atoms with Crippen molar-refractivity contribution in [3.8, 4) is 0 Å². The van der Waals surface area contributed by atoms with Gasteiger partial charge in [0, 0.05) is 19.3 Å². The first kappa shape index (κ1) is 17.8. The van der Waals surface area contributed by atoms with Crippen LogP contribution in [0.15, 0.2) is 19.9 Å². The molecule has 2 rings (SSSR count). The Balaban J connectivity index is 1.86. The summed E-state index contributed by atoms with van der Waals surface area (Å²) in [6.45, 7) is 3.35. The third kappa shape index (κ3) is 4.27. The zero-order valence-electron chi connectivity index (χ0n) is 12.6. The summed E-state index contributed by atoms with van der Waals surface area (Å²) in [7, 11) is 0. The molecule has 0 aromatic carbocycles. The summed E-state index contributed by atoms with van der Waals surface area (Å²) in [5.41, 5.74) is 1.69. The Hall–Kier alpha value is -0.510. The lowest BCUT2D eigenvalue weighted by Crippen LogP contribution is -2.25. The largest absolute Gasteiger partial charge is 0.352 e. The number of aromatic nitrogens is 3. The van der Waals surface area contributed by atoms with E-state index < -0.39 is 0 Å². The van der Waals surface area contributed by atoms with Gasteiger partial charge in [0.25, 0.3) is 5.91 Å². The number of amides is 1. The van der Waals surface area contributed by atoms with Gasteiger partial charge in [0.1, 0.15) is 5.03 Å². The molecule has 0 saturated heterocycles. The second-order valence-corrected chi connectivity index (χ2v) is 7.99. The van der Waals surface area contributed by atoms with Crippen LogP contribution >= 0.6 is 51.0 Å². The van der Waals surface area contributed by atoms with E-state index in [0.29, 0.717) is 12.1 Å². The first-order valence-electron chi connectivity index (χ1n) is 6.62. The maximum absolute atomic E-state index is 12.3. The van der Waals surface area contributed by atoms with Gasteiger partial charge in [-0.15, -0.1) is 23.5 Å². The van der Waals surface area contributed by atoms with Crippen LogP contribution in [0.3, 0.4) is 0 Å². The lowest BCUT2D eigenvalue weighted by atomic mass is 10.3. The summed E-state index contributed by atoms with van der Waals surface area (Å²) in [5, 5.41) is 8.15. The number of thioether (sulfide) groups is 2. The number of aryl methyl sites for hydroxylation is 2. The van der Waals surface area contributed by atoms with Crippen LogP contribution in [-0.2, 0) is 6.54 Å². The second-order valence-electron chi connectivity index (χ2n) is 4.49. The first-order valence-corrected chi connectivity index (χ1v) is 10.6. The summed E-state index contributed by atoms with van der Waals surface area (Å²) in [6.07, 6.45) is 6.69. The normalized spacial score (nSPS) is 10.9. The number of hydrogen-bond donors (Lipinski definition) is 1. The number of nitrogens with zero attached hydrogens (tertiary/aromatic N) is 3. The molecule has 0 unspecified atom stereocenters. The summed E-state index contributed by atoms with van der Waals surface area (Å²) in [4.78, 5) is 12.3. The van der Waals surface area contributed by atoms with Gasteiger partial charge < -0.3 is 5.32 Å². The second kappa shape index (κ2) is 8.37. The molecule has 9 heteroatoms. The fraction of sp³-hybridized carbons (Fsp3) is 0.462. The minimum Gasteiger partial charge on any atom is -0.352 e. The molecule has 2 aromatic rings. The molecule has 0 fully saturated rings. The zero-order valence-corrected chi connectivity index (χ0v) is 16.6. The highest BCUT2D eigenvalue weighted by molar-refractivity contribution is 9.10. The maximum atomic E-state index is 12.3. The van der Waals surface area contributed by atoms with E-state index in [-0.39, 0.29) is 5.91 Å². The van der Waals surface area contributed by atoms with E-state index in [1.165, 1.54) is 23.3 Å².